The molecule has 0 unspecified atom stereocenters. The van der Waals surface area contributed by atoms with Crippen molar-refractivity contribution in [1.29, 1.82) is 0 Å². The molecule has 1 aliphatic heterocycles. The molecule has 2 rings (SSSR count). The Kier molecular flexibility index (Phi) is 4.42. The van der Waals surface area contributed by atoms with Crippen LogP contribution in [-0.4, -0.2) is 58.2 Å². The molecular weight excluding hydrogens is 242 g/mol. The normalized spacial score (nSPS) is 17.6. The van der Waals surface area contributed by atoms with Gasteiger partial charge in [0.15, 0.2) is 0 Å². The number of likely N-dealkylation sites (N-methyl/N-ethyl adjacent to an activating group) is 1. The molecule has 2 heterocycles. The topological polar surface area (TPSA) is 67.4 Å². The summed E-state index contributed by atoms with van der Waals surface area (Å²) in [6, 6.07) is 2.05. The van der Waals surface area contributed by atoms with Gasteiger partial charge in [-0.15, -0.1) is 0 Å². The predicted octanol–water partition coefficient (Wildman–Crippen LogP) is 0.408. The maximum Gasteiger partial charge on any atom is 0.244 e. The predicted molar refractivity (Wildman–Crippen MR) is 74.5 cm³/mol. The van der Waals surface area contributed by atoms with Gasteiger partial charge in [-0.25, -0.2) is 0 Å². The average Bonchev–Trinajstić information content (AvgIpc) is 2.83. The summed E-state index contributed by atoms with van der Waals surface area (Å²) >= 11 is 0. The third-order valence-electron chi connectivity index (χ3n) is 3.90. The number of carbonyl (C=O) groups excluding carboxylic acids is 1. The number of nitrogens with two attached hydrogens (primary N) is 1. The van der Waals surface area contributed by atoms with Crippen LogP contribution in [0.1, 0.15) is 19.8 Å². The van der Waals surface area contributed by atoms with E-state index < -0.39 is 0 Å². The summed E-state index contributed by atoms with van der Waals surface area (Å²) in [7, 11) is 1.89. The molecule has 0 radical (unpaired) electrons. The molecule has 1 aliphatic rings. The second kappa shape index (κ2) is 6.06. The summed E-state index contributed by atoms with van der Waals surface area (Å²) in [5, 5.41) is 4.04. The highest BCUT2D eigenvalue weighted by Crippen LogP contribution is 2.15. The molecule has 0 aromatic carbocycles. The van der Waals surface area contributed by atoms with Gasteiger partial charge in [0.1, 0.15) is 12.4 Å². The van der Waals surface area contributed by atoms with E-state index in [-0.39, 0.29) is 12.5 Å². The van der Waals surface area contributed by atoms with Crippen LogP contribution in [-0.2, 0) is 11.3 Å². The van der Waals surface area contributed by atoms with Crippen LogP contribution in [0.3, 0.4) is 0 Å². The summed E-state index contributed by atoms with van der Waals surface area (Å²) in [5.74, 6) is 0.546. The number of nitrogen functional groups attached to an aromatic ring is 1. The highest BCUT2D eigenvalue weighted by molar-refractivity contribution is 5.76. The van der Waals surface area contributed by atoms with Gasteiger partial charge in [-0.3, -0.25) is 9.48 Å². The Labute approximate surface area is 114 Å². The Hall–Kier alpha value is -1.56. The molecule has 1 saturated heterocycles. The van der Waals surface area contributed by atoms with E-state index in [0.29, 0.717) is 11.9 Å². The molecule has 0 spiro atoms. The maximum atomic E-state index is 12.2. The first kappa shape index (κ1) is 13.9. The molecule has 19 heavy (non-hydrogen) atoms. The molecule has 1 fully saturated rings. The lowest BCUT2D eigenvalue weighted by Crippen LogP contribution is -2.46. The van der Waals surface area contributed by atoms with Gasteiger partial charge < -0.3 is 15.5 Å². The van der Waals surface area contributed by atoms with Crippen molar-refractivity contribution in [1.82, 2.24) is 19.6 Å². The van der Waals surface area contributed by atoms with Gasteiger partial charge in [-0.1, -0.05) is 6.92 Å². The molecule has 6 heteroatoms. The first-order valence-electron chi connectivity index (χ1n) is 6.87. The molecule has 0 aliphatic carbocycles. The molecular formula is C13H23N5O. The van der Waals surface area contributed by atoms with Crippen molar-refractivity contribution in [2.24, 2.45) is 0 Å². The Morgan fingerprint density at radius 3 is 2.74 bits per heavy atom. The SMILES string of the molecule is CCN1CCC(N(C)C(=O)Cn2ccc(N)n2)CC1. The van der Waals surface area contributed by atoms with Crippen LogP contribution in [0.25, 0.3) is 0 Å². The first-order chi connectivity index (χ1) is 9.10. The van der Waals surface area contributed by atoms with Crippen LogP contribution in [0.5, 0.6) is 0 Å². The highest BCUT2D eigenvalue weighted by atomic mass is 16.2. The Morgan fingerprint density at radius 2 is 2.21 bits per heavy atom. The van der Waals surface area contributed by atoms with Gasteiger partial charge in [0.2, 0.25) is 5.91 Å². The molecule has 1 amide bonds. The number of carbonyl (C=O) groups is 1. The second-order valence-electron chi connectivity index (χ2n) is 5.11. The van der Waals surface area contributed by atoms with Gasteiger partial charge in [0.05, 0.1) is 0 Å². The van der Waals surface area contributed by atoms with Crippen LogP contribution in [0.15, 0.2) is 12.3 Å². The molecule has 0 atom stereocenters. The minimum Gasteiger partial charge on any atom is -0.382 e. The number of piperidine rings is 1. The number of aromatic nitrogens is 2. The Bertz CT molecular complexity index is 422. The molecule has 0 saturated carbocycles. The summed E-state index contributed by atoms with van der Waals surface area (Å²) < 4.78 is 1.59. The van der Waals surface area contributed by atoms with Crippen molar-refractivity contribution in [2.75, 3.05) is 32.4 Å². The van der Waals surface area contributed by atoms with Crippen LogP contribution in [0, 0.1) is 0 Å². The molecule has 106 valence electrons. The van der Waals surface area contributed by atoms with E-state index in [2.05, 4.69) is 16.9 Å². The van der Waals surface area contributed by atoms with Gasteiger partial charge in [0, 0.05) is 32.4 Å². The standard InChI is InChI=1S/C13H23N5O/c1-3-17-7-4-11(5-8-17)16(2)13(19)10-18-9-6-12(14)15-18/h6,9,11H,3-5,7-8,10H2,1-2H3,(H2,14,15). The van der Waals surface area contributed by atoms with E-state index in [1.165, 1.54) is 0 Å². The number of hydrogen-bond donors (Lipinski definition) is 1. The van der Waals surface area contributed by atoms with Gasteiger partial charge in [0.25, 0.3) is 0 Å². The average molecular weight is 265 g/mol. The maximum absolute atomic E-state index is 12.2. The van der Waals surface area contributed by atoms with Crippen molar-refractivity contribution in [3.63, 3.8) is 0 Å². The van der Waals surface area contributed by atoms with Gasteiger partial charge in [-0.05, 0) is 25.5 Å². The molecule has 1 aromatic heterocycles. The van der Waals surface area contributed by atoms with Crippen molar-refractivity contribution >= 4 is 11.7 Å². The molecule has 0 bridgehead atoms. The first-order valence-corrected chi connectivity index (χ1v) is 6.87. The zero-order valence-corrected chi connectivity index (χ0v) is 11.7. The minimum atomic E-state index is 0.0954. The number of hydrogen-bond acceptors (Lipinski definition) is 4. The lowest BCUT2D eigenvalue weighted by Gasteiger charge is -2.36. The van der Waals surface area contributed by atoms with Gasteiger partial charge in [-0.2, -0.15) is 5.10 Å². The smallest absolute Gasteiger partial charge is 0.244 e. The van der Waals surface area contributed by atoms with Crippen LogP contribution in [0.4, 0.5) is 5.82 Å². The number of amides is 1. The number of likely N-dealkylation sites (tertiary alicyclic amines) is 1. The van der Waals surface area contributed by atoms with E-state index in [1.54, 1.807) is 16.9 Å². The highest BCUT2D eigenvalue weighted by Gasteiger charge is 2.24. The third kappa shape index (κ3) is 3.47. The van der Waals surface area contributed by atoms with Crippen LogP contribution >= 0.6 is 0 Å². The van der Waals surface area contributed by atoms with Crippen molar-refractivity contribution in [3.8, 4) is 0 Å². The summed E-state index contributed by atoms with van der Waals surface area (Å²) in [5.41, 5.74) is 5.54. The van der Waals surface area contributed by atoms with Crippen molar-refractivity contribution in [2.45, 2.75) is 32.4 Å². The van der Waals surface area contributed by atoms with Crippen LogP contribution in [0.2, 0.25) is 0 Å². The fourth-order valence-corrected chi connectivity index (χ4v) is 2.54. The minimum absolute atomic E-state index is 0.0954. The zero-order chi connectivity index (χ0) is 13.8. The summed E-state index contributed by atoms with van der Waals surface area (Å²) in [4.78, 5) is 16.5. The monoisotopic (exact) mass is 265 g/mol. The van der Waals surface area contributed by atoms with E-state index >= 15 is 0 Å². The lowest BCUT2D eigenvalue weighted by atomic mass is 10.0. The largest absolute Gasteiger partial charge is 0.382 e. The lowest BCUT2D eigenvalue weighted by molar-refractivity contribution is -0.133. The number of nitrogens with zero attached hydrogens (tertiary/aromatic N) is 4. The summed E-state index contributed by atoms with van der Waals surface area (Å²) in [6.45, 7) is 5.69. The third-order valence-corrected chi connectivity index (χ3v) is 3.90. The fraction of sp³-hybridized carbons (Fsp3) is 0.692. The quantitative estimate of drug-likeness (QED) is 0.856. The molecule has 6 nitrogen and oxygen atoms in total. The van der Waals surface area contributed by atoms with E-state index in [4.69, 9.17) is 5.73 Å². The van der Waals surface area contributed by atoms with Crippen molar-refractivity contribution < 1.29 is 4.79 Å². The fourth-order valence-electron chi connectivity index (χ4n) is 2.54. The second-order valence-corrected chi connectivity index (χ2v) is 5.11. The molecule has 2 N–H and O–H groups in total. The Balaban J connectivity index is 1.85. The Morgan fingerprint density at radius 1 is 1.53 bits per heavy atom. The van der Waals surface area contributed by atoms with E-state index in [1.807, 2.05) is 11.9 Å². The van der Waals surface area contributed by atoms with Gasteiger partial charge >= 0.3 is 0 Å². The number of anilines is 1. The van der Waals surface area contributed by atoms with Crippen LogP contribution < -0.4 is 5.73 Å². The summed E-state index contributed by atoms with van der Waals surface area (Å²) in [6.07, 6.45) is 3.84. The molecule has 1 aromatic rings. The number of rotatable bonds is 4. The van der Waals surface area contributed by atoms with Crippen molar-refractivity contribution in [3.05, 3.63) is 12.3 Å². The zero-order valence-electron chi connectivity index (χ0n) is 11.7. The van der Waals surface area contributed by atoms with E-state index in [9.17, 15) is 4.79 Å². The van der Waals surface area contributed by atoms with E-state index in [0.717, 1.165) is 32.5 Å².